The second-order valence-electron chi connectivity index (χ2n) is 8.08. The third-order valence-electron chi connectivity index (χ3n) is 6.32. The molecule has 1 aliphatic carbocycles. The van der Waals surface area contributed by atoms with E-state index in [2.05, 4.69) is 5.32 Å². The van der Waals surface area contributed by atoms with Crippen LogP contribution in [0.3, 0.4) is 0 Å². The van der Waals surface area contributed by atoms with Gasteiger partial charge in [0.2, 0.25) is 10.0 Å². The lowest BCUT2D eigenvalue weighted by atomic mass is 9.84. The molecule has 0 bridgehead atoms. The highest BCUT2D eigenvalue weighted by Gasteiger charge is 2.34. The van der Waals surface area contributed by atoms with Gasteiger partial charge in [-0.25, -0.2) is 8.42 Å². The normalized spacial score (nSPS) is 21.4. The molecular weight excluding hydrogens is 374 g/mol. The standard InChI is InChI=1S/C21H33N3O3S/c1-3-22-21(25)17(2)23-13-15-24(16-14-23)28(26,27)20-11-9-19(10-12-20)18-7-5-4-6-8-18/h9-12,17-18H,3-8,13-16H2,1-2H3,(H,22,25)/p+1/t17-/m0/s1. The number of hydrogen-bond acceptors (Lipinski definition) is 3. The highest BCUT2D eigenvalue weighted by atomic mass is 32.2. The van der Waals surface area contributed by atoms with E-state index in [0.717, 1.165) is 4.90 Å². The number of rotatable bonds is 6. The van der Waals surface area contributed by atoms with E-state index in [1.54, 1.807) is 16.4 Å². The molecule has 1 atom stereocenters. The Labute approximate surface area is 169 Å². The molecule has 6 nitrogen and oxygen atoms in total. The fourth-order valence-electron chi connectivity index (χ4n) is 4.46. The van der Waals surface area contributed by atoms with Crippen molar-refractivity contribution in [3.05, 3.63) is 29.8 Å². The van der Waals surface area contributed by atoms with Gasteiger partial charge in [0.15, 0.2) is 6.04 Å². The van der Waals surface area contributed by atoms with Crippen LogP contribution in [-0.2, 0) is 14.8 Å². The molecule has 0 aromatic heterocycles. The molecule has 0 unspecified atom stereocenters. The molecule has 1 heterocycles. The zero-order chi connectivity index (χ0) is 20.1. The van der Waals surface area contributed by atoms with Crippen molar-refractivity contribution in [2.75, 3.05) is 32.7 Å². The molecule has 1 aromatic rings. The van der Waals surface area contributed by atoms with Crippen LogP contribution in [0.15, 0.2) is 29.2 Å². The molecule has 0 radical (unpaired) electrons. The summed E-state index contributed by atoms with van der Waals surface area (Å²) < 4.78 is 27.6. The molecule has 2 N–H and O–H groups in total. The van der Waals surface area contributed by atoms with Gasteiger partial charge in [0.1, 0.15) is 0 Å². The van der Waals surface area contributed by atoms with Gasteiger partial charge >= 0.3 is 0 Å². The lowest BCUT2D eigenvalue weighted by Crippen LogP contribution is -3.19. The summed E-state index contributed by atoms with van der Waals surface area (Å²) in [6, 6.07) is 7.40. The quantitative estimate of drug-likeness (QED) is 0.742. The van der Waals surface area contributed by atoms with E-state index in [1.807, 2.05) is 26.0 Å². The average molecular weight is 409 g/mol. The summed E-state index contributed by atoms with van der Waals surface area (Å²) in [4.78, 5) is 13.6. The number of nitrogens with zero attached hydrogens (tertiary/aromatic N) is 1. The van der Waals surface area contributed by atoms with Crippen LogP contribution >= 0.6 is 0 Å². The average Bonchev–Trinajstić information content (AvgIpc) is 2.74. The van der Waals surface area contributed by atoms with Gasteiger partial charge in [-0.1, -0.05) is 31.4 Å². The van der Waals surface area contributed by atoms with Gasteiger partial charge in [0, 0.05) is 6.54 Å². The first-order chi connectivity index (χ1) is 13.4. The van der Waals surface area contributed by atoms with Gasteiger partial charge in [-0.3, -0.25) is 4.79 Å². The van der Waals surface area contributed by atoms with Gasteiger partial charge in [0.05, 0.1) is 31.1 Å². The molecule has 28 heavy (non-hydrogen) atoms. The topological polar surface area (TPSA) is 70.9 Å². The smallest absolute Gasteiger partial charge is 0.278 e. The van der Waals surface area contributed by atoms with E-state index in [-0.39, 0.29) is 11.9 Å². The first-order valence-corrected chi connectivity index (χ1v) is 12.1. The van der Waals surface area contributed by atoms with Crippen molar-refractivity contribution in [1.82, 2.24) is 9.62 Å². The van der Waals surface area contributed by atoms with Crippen LogP contribution in [0.2, 0.25) is 0 Å². The SMILES string of the molecule is CCNC(=O)[C@H](C)[NH+]1CCN(S(=O)(=O)c2ccc(C3CCCCC3)cc2)CC1. The molecule has 1 saturated heterocycles. The molecule has 1 aliphatic heterocycles. The molecule has 156 valence electrons. The number of likely N-dealkylation sites (N-methyl/N-ethyl adjacent to an activating group) is 1. The Morgan fingerprint density at radius 1 is 1.14 bits per heavy atom. The van der Waals surface area contributed by atoms with Crippen molar-refractivity contribution in [1.29, 1.82) is 0 Å². The number of hydrogen-bond donors (Lipinski definition) is 2. The van der Waals surface area contributed by atoms with Gasteiger partial charge < -0.3 is 10.2 Å². The van der Waals surface area contributed by atoms with Crippen LogP contribution in [0, 0.1) is 0 Å². The molecule has 0 spiro atoms. The zero-order valence-electron chi connectivity index (χ0n) is 17.1. The van der Waals surface area contributed by atoms with E-state index < -0.39 is 10.0 Å². The summed E-state index contributed by atoms with van der Waals surface area (Å²) in [6.45, 7) is 6.64. The molecule has 1 saturated carbocycles. The molecule has 2 fully saturated rings. The monoisotopic (exact) mass is 408 g/mol. The number of benzene rings is 1. The van der Waals surface area contributed by atoms with Crippen molar-refractivity contribution in [3.8, 4) is 0 Å². The first kappa shape index (κ1) is 21.3. The van der Waals surface area contributed by atoms with E-state index in [9.17, 15) is 13.2 Å². The summed E-state index contributed by atoms with van der Waals surface area (Å²) in [5, 5.41) is 2.85. The number of carbonyl (C=O) groups is 1. The largest absolute Gasteiger partial charge is 0.351 e. The number of piperazine rings is 1. The summed E-state index contributed by atoms with van der Waals surface area (Å²) in [6.07, 6.45) is 6.27. The Morgan fingerprint density at radius 2 is 1.75 bits per heavy atom. The van der Waals surface area contributed by atoms with Gasteiger partial charge in [-0.2, -0.15) is 4.31 Å². The Hall–Kier alpha value is -1.44. The van der Waals surface area contributed by atoms with Crippen molar-refractivity contribution in [2.24, 2.45) is 0 Å². The van der Waals surface area contributed by atoms with Crippen LogP contribution in [-0.4, -0.2) is 57.4 Å². The third-order valence-corrected chi connectivity index (χ3v) is 8.23. The second-order valence-corrected chi connectivity index (χ2v) is 10.0. The third kappa shape index (κ3) is 4.75. The molecule has 2 aliphatic rings. The molecule has 1 aromatic carbocycles. The number of sulfonamides is 1. The zero-order valence-corrected chi connectivity index (χ0v) is 17.9. The fraction of sp³-hybridized carbons (Fsp3) is 0.667. The Kier molecular flexibility index (Phi) is 7.12. The van der Waals surface area contributed by atoms with Crippen molar-refractivity contribution < 1.29 is 18.1 Å². The van der Waals surface area contributed by atoms with Crippen LogP contribution in [0.4, 0.5) is 0 Å². The maximum Gasteiger partial charge on any atom is 0.278 e. The lowest BCUT2D eigenvalue weighted by molar-refractivity contribution is -0.917. The number of amides is 1. The molecular formula is C21H34N3O3S+. The molecule has 3 rings (SSSR count). The van der Waals surface area contributed by atoms with E-state index in [0.29, 0.717) is 43.5 Å². The predicted octanol–water partition coefficient (Wildman–Crippen LogP) is 1.15. The summed E-state index contributed by atoms with van der Waals surface area (Å²) in [5.74, 6) is 0.612. The Bertz CT molecular complexity index is 750. The van der Waals surface area contributed by atoms with Crippen LogP contribution < -0.4 is 10.2 Å². The number of carbonyl (C=O) groups excluding carboxylic acids is 1. The lowest BCUT2D eigenvalue weighted by Gasteiger charge is -2.34. The van der Waals surface area contributed by atoms with Gasteiger partial charge in [-0.05, 0) is 50.3 Å². The number of quaternary nitrogens is 1. The van der Waals surface area contributed by atoms with Crippen molar-refractivity contribution in [3.63, 3.8) is 0 Å². The van der Waals surface area contributed by atoms with Crippen LogP contribution in [0.25, 0.3) is 0 Å². The van der Waals surface area contributed by atoms with E-state index >= 15 is 0 Å². The van der Waals surface area contributed by atoms with Crippen molar-refractivity contribution in [2.45, 2.75) is 62.8 Å². The van der Waals surface area contributed by atoms with E-state index in [4.69, 9.17) is 0 Å². The first-order valence-electron chi connectivity index (χ1n) is 10.7. The summed E-state index contributed by atoms with van der Waals surface area (Å²) in [7, 11) is -3.47. The Morgan fingerprint density at radius 3 is 2.32 bits per heavy atom. The highest BCUT2D eigenvalue weighted by Crippen LogP contribution is 2.33. The fourth-order valence-corrected chi connectivity index (χ4v) is 5.90. The van der Waals surface area contributed by atoms with E-state index in [1.165, 1.54) is 37.7 Å². The van der Waals surface area contributed by atoms with Crippen LogP contribution in [0.5, 0.6) is 0 Å². The summed E-state index contributed by atoms with van der Waals surface area (Å²) >= 11 is 0. The Balaban J connectivity index is 1.61. The highest BCUT2D eigenvalue weighted by molar-refractivity contribution is 7.89. The minimum Gasteiger partial charge on any atom is -0.351 e. The maximum absolute atomic E-state index is 13.0. The molecule has 1 amide bonds. The van der Waals surface area contributed by atoms with Crippen LogP contribution in [0.1, 0.15) is 57.4 Å². The molecule has 7 heteroatoms. The maximum atomic E-state index is 13.0. The van der Waals surface area contributed by atoms with Gasteiger partial charge in [-0.15, -0.1) is 0 Å². The second kappa shape index (κ2) is 9.37. The summed E-state index contributed by atoms with van der Waals surface area (Å²) in [5.41, 5.74) is 1.27. The number of nitrogens with one attached hydrogen (secondary N) is 2. The van der Waals surface area contributed by atoms with Crippen molar-refractivity contribution >= 4 is 15.9 Å². The predicted molar refractivity (Wildman–Crippen MR) is 110 cm³/mol. The minimum atomic E-state index is -3.47. The van der Waals surface area contributed by atoms with Gasteiger partial charge in [0.25, 0.3) is 5.91 Å². The minimum absolute atomic E-state index is 0.0344.